The Kier molecular flexibility index (Phi) is 3.54. The first-order chi connectivity index (χ1) is 11.7. The lowest BCUT2D eigenvalue weighted by Gasteiger charge is -2.34. The van der Waals surface area contributed by atoms with E-state index in [1.807, 2.05) is 24.3 Å². The molecule has 0 bridgehead atoms. The van der Waals surface area contributed by atoms with Crippen LogP contribution in [0.25, 0.3) is 5.78 Å². The Bertz CT molecular complexity index is 872. The van der Waals surface area contributed by atoms with Gasteiger partial charge in [-0.1, -0.05) is 24.3 Å². The molecule has 1 aromatic carbocycles. The van der Waals surface area contributed by atoms with Gasteiger partial charge >= 0.3 is 0 Å². The molecule has 1 amide bonds. The molecule has 0 spiro atoms. The summed E-state index contributed by atoms with van der Waals surface area (Å²) in [6.07, 6.45) is 7.56. The van der Waals surface area contributed by atoms with E-state index in [1.54, 1.807) is 29.1 Å². The third kappa shape index (κ3) is 2.55. The van der Waals surface area contributed by atoms with Crippen molar-refractivity contribution in [2.24, 2.45) is 0 Å². The number of nitrogens with one attached hydrogen (secondary N) is 1. The number of aliphatic hydroxyl groups is 1. The summed E-state index contributed by atoms with van der Waals surface area (Å²) in [4.78, 5) is 20.7. The predicted octanol–water partition coefficient (Wildman–Crippen LogP) is 1.68. The van der Waals surface area contributed by atoms with Gasteiger partial charge < -0.3 is 10.4 Å². The van der Waals surface area contributed by atoms with E-state index in [1.165, 1.54) is 0 Å². The maximum absolute atomic E-state index is 12.4. The number of hydrogen-bond acceptors (Lipinski definition) is 4. The predicted molar refractivity (Wildman–Crippen MR) is 88.6 cm³/mol. The number of rotatable bonds is 3. The Labute approximate surface area is 139 Å². The Balaban J connectivity index is 1.53. The van der Waals surface area contributed by atoms with Gasteiger partial charge in [-0.05, 0) is 36.5 Å². The van der Waals surface area contributed by atoms with Gasteiger partial charge in [0.05, 0.1) is 6.54 Å². The van der Waals surface area contributed by atoms with Crippen LogP contribution in [0.15, 0.2) is 48.9 Å². The number of carbonyl (C=O) groups excluding carboxylic acids is 1. The summed E-state index contributed by atoms with van der Waals surface area (Å²) in [5, 5.41) is 13.8. The average Bonchev–Trinajstić information content (AvgIpc) is 3.04. The summed E-state index contributed by atoms with van der Waals surface area (Å²) < 4.78 is 1.69. The van der Waals surface area contributed by atoms with Gasteiger partial charge in [0.25, 0.3) is 5.91 Å². The summed E-state index contributed by atoms with van der Waals surface area (Å²) in [5.74, 6) is 0.168. The van der Waals surface area contributed by atoms with Crippen molar-refractivity contribution in [2.75, 3.05) is 6.54 Å². The zero-order chi connectivity index (χ0) is 16.6. The zero-order valence-electron chi connectivity index (χ0n) is 13.1. The lowest BCUT2D eigenvalue weighted by Crippen LogP contribution is -2.43. The number of nitrogens with zero attached hydrogens (tertiary/aromatic N) is 3. The minimum atomic E-state index is -1.03. The molecule has 6 nitrogen and oxygen atoms in total. The van der Waals surface area contributed by atoms with Crippen LogP contribution >= 0.6 is 0 Å². The van der Waals surface area contributed by atoms with E-state index >= 15 is 0 Å². The quantitative estimate of drug-likeness (QED) is 0.769. The minimum absolute atomic E-state index is 0.171. The van der Waals surface area contributed by atoms with E-state index in [4.69, 9.17) is 0 Å². The normalized spacial score (nSPS) is 19.9. The second kappa shape index (κ2) is 5.72. The average molecular weight is 322 g/mol. The van der Waals surface area contributed by atoms with Gasteiger partial charge in [-0.25, -0.2) is 9.97 Å². The van der Waals surface area contributed by atoms with Crippen molar-refractivity contribution in [3.05, 3.63) is 65.7 Å². The fourth-order valence-electron chi connectivity index (χ4n) is 3.34. The fourth-order valence-corrected chi connectivity index (χ4v) is 3.34. The van der Waals surface area contributed by atoms with Crippen LogP contribution in [0, 0.1) is 0 Å². The second-order valence-electron chi connectivity index (χ2n) is 6.18. The monoisotopic (exact) mass is 322 g/mol. The molecule has 1 aliphatic rings. The number of imidazole rings is 1. The van der Waals surface area contributed by atoms with Gasteiger partial charge in [0.2, 0.25) is 5.78 Å². The topological polar surface area (TPSA) is 79.5 Å². The molecule has 0 aliphatic heterocycles. The van der Waals surface area contributed by atoms with Crippen molar-refractivity contribution < 1.29 is 9.90 Å². The number of carbonyl (C=O) groups is 1. The molecule has 2 N–H and O–H groups in total. The van der Waals surface area contributed by atoms with E-state index in [-0.39, 0.29) is 12.5 Å². The van der Waals surface area contributed by atoms with Crippen molar-refractivity contribution in [3.8, 4) is 0 Å². The molecular formula is C18H18N4O2. The van der Waals surface area contributed by atoms with Crippen LogP contribution < -0.4 is 5.32 Å². The number of aryl methyl sites for hydroxylation is 1. The minimum Gasteiger partial charge on any atom is -0.383 e. The highest BCUT2D eigenvalue weighted by Crippen LogP contribution is 2.34. The molecule has 2 aromatic heterocycles. The van der Waals surface area contributed by atoms with Crippen LogP contribution in [0.5, 0.6) is 0 Å². The summed E-state index contributed by atoms with van der Waals surface area (Å²) in [5.41, 5.74) is 1.33. The van der Waals surface area contributed by atoms with Crippen molar-refractivity contribution in [3.63, 3.8) is 0 Å². The molecule has 2 heterocycles. The molecule has 6 heteroatoms. The second-order valence-corrected chi connectivity index (χ2v) is 6.18. The molecule has 3 aromatic rings. The first kappa shape index (κ1) is 14.8. The Morgan fingerprint density at radius 2 is 2.21 bits per heavy atom. The third-order valence-electron chi connectivity index (χ3n) is 4.56. The molecule has 0 saturated heterocycles. The summed E-state index contributed by atoms with van der Waals surface area (Å²) in [6, 6.07) is 9.65. The number of fused-ring (bicyclic) bond motifs is 2. The standard InChI is InChI=1S/C18H18N4O2/c23-16(15-11-22-10-4-9-19-17(22)21-15)20-12-18(24)8-3-6-13-5-1-2-7-14(13)18/h1-2,4-5,7,9-11,24H,3,6,8,12H2,(H,20,23). The first-order valence-corrected chi connectivity index (χ1v) is 8.04. The summed E-state index contributed by atoms with van der Waals surface area (Å²) >= 11 is 0. The lowest BCUT2D eigenvalue weighted by atomic mass is 9.79. The van der Waals surface area contributed by atoms with E-state index < -0.39 is 5.60 Å². The van der Waals surface area contributed by atoms with Gasteiger partial charge in [-0.2, -0.15) is 0 Å². The van der Waals surface area contributed by atoms with E-state index in [0.717, 1.165) is 24.0 Å². The molecule has 1 atom stereocenters. The zero-order valence-corrected chi connectivity index (χ0v) is 13.1. The largest absolute Gasteiger partial charge is 0.383 e. The lowest BCUT2D eigenvalue weighted by molar-refractivity contribution is 0.0189. The number of amides is 1. The highest BCUT2D eigenvalue weighted by atomic mass is 16.3. The number of aromatic nitrogens is 3. The first-order valence-electron chi connectivity index (χ1n) is 8.04. The highest BCUT2D eigenvalue weighted by Gasteiger charge is 2.34. The highest BCUT2D eigenvalue weighted by molar-refractivity contribution is 5.92. The molecule has 24 heavy (non-hydrogen) atoms. The smallest absolute Gasteiger partial charge is 0.271 e. The van der Waals surface area contributed by atoms with Crippen LogP contribution in [0.4, 0.5) is 0 Å². The van der Waals surface area contributed by atoms with Crippen LogP contribution in [-0.4, -0.2) is 31.9 Å². The molecule has 122 valence electrons. The third-order valence-corrected chi connectivity index (χ3v) is 4.56. The van der Waals surface area contributed by atoms with Gasteiger partial charge in [0.15, 0.2) is 0 Å². The summed E-state index contributed by atoms with van der Waals surface area (Å²) in [6.45, 7) is 0.171. The maximum atomic E-state index is 12.4. The molecule has 4 rings (SSSR count). The van der Waals surface area contributed by atoms with Crippen molar-refractivity contribution in [1.82, 2.24) is 19.7 Å². The molecule has 1 aliphatic carbocycles. The van der Waals surface area contributed by atoms with Crippen molar-refractivity contribution >= 4 is 11.7 Å². The summed E-state index contributed by atoms with van der Waals surface area (Å²) in [7, 11) is 0. The van der Waals surface area contributed by atoms with Crippen LogP contribution in [0.2, 0.25) is 0 Å². The van der Waals surface area contributed by atoms with Gasteiger partial charge in [-0.3, -0.25) is 9.20 Å². The van der Waals surface area contributed by atoms with E-state index in [0.29, 0.717) is 17.9 Å². The van der Waals surface area contributed by atoms with Gasteiger partial charge in [0.1, 0.15) is 11.3 Å². The molecule has 0 saturated carbocycles. The maximum Gasteiger partial charge on any atom is 0.271 e. The SMILES string of the molecule is O=C(NCC1(O)CCCc2ccccc21)c1cn2cccnc2n1. The molecule has 0 fully saturated rings. The van der Waals surface area contributed by atoms with Gasteiger partial charge in [-0.15, -0.1) is 0 Å². The van der Waals surface area contributed by atoms with Crippen LogP contribution in [-0.2, 0) is 12.0 Å². The van der Waals surface area contributed by atoms with E-state index in [9.17, 15) is 9.90 Å². The Morgan fingerprint density at radius 3 is 3.08 bits per heavy atom. The molecule has 1 unspecified atom stereocenters. The van der Waals surface area contributed by atoms with Crippen LogP contribution in [0.3, 0.4) is 0 Å². The van der Waals surface area contributed by atoms with Crippen LogP contribution in [0.1, 0.15) is 34.5 Å². The molecular weight excluding hydrogens is 304 g/mol. The van der Waals surface area contributed by atoms with Gasteiger partial charge in [0, 0.05) is 18.6 Å². The fraction of sp³-hybridized carbons (Fsp3) is 0.278. The van der Waals surface area contributed by atoms with E-state index in [2.05, 4.69) is 15.3 Å². The Hall–Kier alpha value is -2.73. The molecule has 0 radical (unpaired) electrons. The van der Waals surface area contributed by atoms with Crippen molar-refractivity contribution in [1.29, 1.82) is 0 Å². The van der Waals surface area contributed by atoms with Crippen molar-refractivity contribution in [2.45, 2.75) is 24.9 Å². The Morgan fingerprint density at radius 1 is 1.33 bits per heavy atom. The number of hydrogen-bond donors (Lipinski definition) is 2. The number of benzene rings is 1.